The van der Waals surface area contributed by atoms with E-state index < -0.39 is 5.92 Å². The van der Waals surface area contributed by atoms with Gasteiger partial charge in [-0.05, 0) is 31.0 Å². The van der Waals surface area contributed by atoms with Gasteiger partial charge in [-0.15, -0.1) is 10.2 Å². The minimum absolute atomic E-state index is 0.0310. The molecule has 0 saturated heterocycles. The van der Waals surface area contributed by atoms with Crippen molar-refractivity contribution < 1.29 is 23.5 Å². The van der Waals surface area contributed by atoms with Crippen LogP contribution in [0.1, 0.15) is 30.9 Å². The maximum absolute atomic E-state index is 13.1. The fourth-order valence-corrected chi connectivity index (χ4v) is 6.59. The number of hydrogen-bond acceptors (Lipinski definition) is 12. The number of allylic oxidation sites excluding steroid dienone is 3. The number of thioether (sulfide) groups is 1. The van der Waals surface area contributed by atoms with Crippen LogP contribution in [0.5, 0.6) is 11.5 Å². The first-order valence-electron chi connectivity index (χ1n) is 12.0. The number of benzene rings is 1. The standard InChI is InChI=1S/C26H23ClN6O5S2/c1-36-19-10-20(37-2)15(9-14(19)27)30-21(35)12-39-26-32-31-25(40-26)33-16-5-3-6-17(34)23(16)22(13(11-28)24(33)29)18-7-4-8-38-18/h4,7-10,22H,3,5-6,12,29H2,1-2H3,(H,30,35). The molecule has 3 heterocycles. The van der Waals surface area contributed by atoms with E-state index in [4.69, 9.17) is 31.2 Å². The highest BCUT2D eigenvalue weighted by molar-refractivity contribution is 8.01. The Morgan fingerprint density at radius 2 is 2.12 bits per heavy atom. The number of ether oxygens (including phenoxy) is 2. The molecule has 0 spiro atoms. The number of aromatic nitrogens is 2. The summed E-state index contributed by atoms with van der Waals surface area (Å²) in [6, 6.07) is 8.76. The number of hydrogen-bond donors (Lipinski definition) is 2. The van der Waals surface area contributed by atoms with E-state index in [2.05, 4.69) is 21.6 Å². The number of ketones is 1. The Morgan fingerprint density at radius 1 is 1.32 bits per heavy atom. The van der Waals surface area contributed by atoms with Gasteiger partial charge in [-0.1, -0.05) is 34.7 Å². The van der Waals surface area contributed by atoms with E-state index in [1.165, 1.54) is 43.6 Å². The number of nitrogens with two attached hydrogens (primary N) is 1. The molecule has 40 heavy (non-hydrogen) atoms. The van der Waals surface area contributed by atoms with Crippen molar-refractivity contribution in [3.63, 3.8) is 0 Å². The maximum atomic E-state index is 13.1. The van der Waals surface area contributed by atoms with E-state index in [0.29, 0.717) is 68.0 Å². The van der Waals surface area contributed by atoms with Crippen molar-refractivity contribution in [3.05, 3.63) is 64.0 Å². The van der Waals surface area contributed by atoms with Crippen molar-refractivity contribution in [1.29, 1.82) is 5.26 Å². The van der Waals surface area contributed by atoms with Crippen molar-refractivity contribution >= 4 is 57.2 Å². The molecular formula is C26H23ClN6O5S2. The van der Waals surface area contributed by atoms with Crippen LogP contribution in [0.3, 0.4) is 0 Å². The van der Waals surface area contributed by atoms with Crippen molar-refractivity contribution in [3.8, 4) is 17.6 Å². The van der Waals surface area contributed by atoms with Gasteiger partial charge in [0.1, 0.15) is 23.1 Å². The van der Waals surface area contributed by atoms with Crippen LogP contribution >= 0.6 is 34.7 Å². The van der Waals surface area contributed by atoms with Crippen molar-refractivity contribution in [2.75, 3.05) is 30.2 Å². The zero-order chi connectivity index (χ0) is 28.4. The maximum Gasteiger partial charge on any atom is 0.234 e. The van der Waals surface area contributed by atoms with Gasteiger partial charge in [0, 0.05) is 23.8 Å². The summed E-state index contributed by atoms with van der Waals surface area (Å²) in [7, 11) is 2.97. The lowest BCUT2D eigenvalue weighted by atomic mass is 9.78. The molecule has 206 valence electrons. The summed E-state index contributed by atoms with van der Waals surface area (Å²) in [5.74, 6) is 0.468. The van der Waals surface area contributed by atoms with Gasteiger partial charge in [0.15, 0.2) is 10.1 Å². The van der Waals surface area contributed by atoms with Gasteiger partial charge in [-0.3, -0.25) is 14.5 Å². The predicted molar refractivity (Wildman–Crippen MR) is 150 cm³/mol. The number of carbonyl (C=O) groups excluding carboxylic acids is 2. The average molecular weight is 599 g/mol. The molecule has 1 atom stereocenters. The van der Waals surface area contributed by atoms with Gasteiger partial charge in [-0.25, -0.2) is 0 Å². The van der Waals surface area contributed by atoms with Crippen LogP contribution in [0.2, 0.25) is 5.02 Å². The molecule has 0 fully saturated rings. The highest BCUT2D eigenvalue weighted by Gasteiger charge is 2.42. The predicted octanol–water partition coefficient (Wildman–Crippen LogP) is 4.84. The van der Waals surface area contributed by atoms with Gasteiger partial charge in [0.25, 0.3) is 0 Å². The Hall–Kier alpha value is -3.99. The molecule has 3 N–H and O–H groups in total. The molecule has 11 nitrogen and oxygen atoms in total. The van der Waals surface area contributed by atoms with E-state index in [9.17, 15) is 14.9 Å². The van der Waals surface area contributed by atoms with Gasteiger partial charge in [0.2, 0.25) is 11.0 Å². The number of nitrogens with zero attached hydrogens (tertiary/aromatic N) is 4. The third-order valence-corrected chi connectivity index (χ3v) is 8.74. The summed E-state index contributed by atoms with van der Waals surface area (Å²) in [5.41, 5.74) is 8.31. The monoisotopic (exact) mass is 598 g/mol. The fraction of sp³-hybridized carbons (Fsp3) is 0.269. The van der Waals surface area contributed by atoms with Crippen LogP contribution in [0.4, 0.5) is 10.8 Å². The van der Waals surface area contributed by atoms with Crippen molar-refractivity contribution in [2.24, 2.45) is 5.73 Å². The molecule has 0 saturated carbocycles. The molecule has 0 radical (unpaired) electrons. The van der Waals surface area contributed by atoms with E-state index in [1.807, 2.05) is 0 Å². The number of halogens is 1. The molecule has 2 aliphatic rings. The molecule has 1 aromatic carbocycles. The van der Waals surface area contributed by atoms with Crippen LogP contribution in [-0.4, -0.2) is 41.9 Å². The number of anilines is 2. The Kier molecular flexibility index (Phi) is 8.02. The number of furan rings is 1. The molecular weight excluding hydrogens is 576 g/mol. The second kappa shape index (κ2) is 11.6. The first-order chi connectivity index (χ1) is 19.4. The number of carbonyl (C=O) groups is 2. The third-order valence-electron chi connectivity index (χ3n) is 6.40. The molecule has 1 aliphatic heterocycles. The quantitative estimate of drug-likeness (QED) is 0.342. The normalized spacial score (nSPS) is 17.0. The second-order valence-electron chi connectivity index (χ2n) is 8.71. The third kappa shape index (κ3) is 5.13. The zero-order valence-corrected chi connectivity index (χ0v) is 23.8. The Labute approximate surface area is 242 Å². The molecule has 2 aromatic heterocycles. The molecule has 3 aromatic rings. The molecule has 1 unspecified atom stereocenters. The molecule has 1 amide bonds. The van der Waals surface area contributed by atoms with Crippen molar-refractivity contribution in [2.45, 2.75) is 29.5 Å². The highest BCUT2D eigenvalue weighted by atomic mass is 35.5. The van der Waals surface area contributed by atoms with Crippen LogP contribution in [-0.2, 0) is 9.59 Å². The van der Waals surface area contributed by atoms with E-state index in [1.54, 1.807) is 29.2 Å². The smallest absolute Gasteiger partial charge is 0.234 e. The second-order valence-corrected chi connectivity index (χ2v) is 11.3. The lowest BCUT2D eigenvalue weighted by molar-refractivity contribution is -0.116. The lowest BCUT2D eigenvalue weighted by Gasteiger charge is -2.37. The largest absolute Gasteiger partial charge is 0.495 e. The average Bonchev–Trinajstić information content (AvgIpc) is 3.64. The first kappa shape index (κ1) is 27.6. The van der Waals surface area contributed by atoms with Crippen LogP contribution in [0.25, 0.3) is 0 Å². The summed E-state index contributed by atoms with van der Waals surface area (Å²) in [6.07, 6.45) is 3.10. The number of rotatable bonds is 8. The minimum atomic E-state index is -0.673. The van der Waals surface area contributed by atoms with Crippen LogP contribution < -0.4 is 25.4 Å². The van der Waals surface area contributed by atoms with Gasteiger partial charge in [0.05, 0.1) is 54.5 Å². The van der Waals surface area contributed by atoms with Crippen LogP contribution in [0.15, 0.2) is 61.9 Å². The fourth-order valence-electron chi connectivity index (χ4n) is 4.67. The zero-order valence-electron chi connectivity index (χ0n) is 21.4. The Morgan fingerprint density at radius 3 is 2.83 bits per heavy atom. The summed E-state index contributed by atoms with van der Waals surface area (Å²) in [4.78, 5) is 27.4. The summed E-state index contributed by atoms with van der Waals surface area (Å²) in [6.45, 7) is 0. The van der Waals surface area contributed by atoms with Gasteiger partial charge in [-0.2, -0.15) is 5.26 Å². The first-order valence-corrected chi connectivity index (χ1v) is 14.2. The van der Waals surface area contributed by atoms with Gasteiger partial charge < -0.3 is 24.9 Å². The summed E-state index contributed by atoms with van der Waals surface area (Å²) in [5, 5.41) is 22.0. The van der Waals surface area contributed by atoms with E-state index in [0.717, 1.165) is 0 Å². The summed E-state index contributed by atoms with van der Waals surface area (Å²) < 4.78 is 16.6. The number of Topliss-reactive ketones (excluding diaryl/α,β-unsaturated/α-hetero) is 1. The highest BCUT2D eigenvalue weighted by Crippen LogP contribution is 2.47. The van der Waals surface area contributed by atoms with Crippen molar-refractivity contribution in [1.82, 2.24) is 10.2 Å². The van der Waals surface area contributed by atoms with E-state index in [-0.39, 0.29) is 28.8 Å². The molecule has 0 bridgehead atoms. The number of nitrogens with one attached hydrogen (secondary N) is 1. The topological polar surface area (TPSA) is 157 Å². The number of methoxy groups -OCH3 is 2. The minimum Gasteiger partial charge on any atom is -0.495 e. The molecule has 1 aliphatic carbocycles. The Bertz CT molecular complexity index is 1580. The molecule has 14 heteroatoms. The lowest BCUT2D eigenvalue weighted by Crippen LogP contribution is -2.38. The summed E-state index contributed by atoms with van der Waals surface area (Å²) >= 11 is 8.59. The van der Waals surface area contributed by atoms with E-state index >= 15 is 0 Å². The molecule has 5 rings (SSSR count). The van der Waals surface area contributed by atoms with Gasteiger partial charge >= 0.3 is 0 Å². The Balaban J connectivity index is 1.37. The number of amides is 1. The SMILES string of the molecule is COc1cc(OC)c(NC(=O)CSc2nnc(N3C(N)=C(C#N)C(c4ccco4)C4=C3CCCC4=O)s2)cc1Cl. The van der Waals surface area contributed by atoms with Crippen LogP contribution in [0, 0.1) is 11.3 Å². The number of nitriles is 1.